The molecule has 0 bridgehead atoms. The monoisotopic (exact) mass is 456 g/mol. The molecule has 0 aliphatic heterocycles. The standard InChI is InChI=1S/C14H15F11O4/c1-3-28-8(26)7(9(27)29-4-2)5-6-10(15,16)11(17,18)12(19,20)13(21,22)14(23,24)25/h7H,3-6H2,1-2H3. The molecule has 0 aromatic rings. The Morgan fingerprint density at radius 3 is 1.38 bits per heavy atom. The van der Waals surface area contributed by atoms with Gasteiger partial charge in [0, 0.05) is 6.42 Å². The Morgan fingerprint density at radius 2 is 1.07 bits per heavy atom. The second kappa shape index (κ2) is 8.90. The molecule has 0 N–H and O–H groups in total. The van der Waals surface area contributed by atoms with Crippen LogP contribution in [-0.2, 0) is 19.1 Å². The molecule has 0 amide bonds. The van der Waals surface area contributed by atoms with Crippen LogP contribution in [0.2, 0.25) is 0 Å². The lowest BCUT2D eigenvalue weighted by Crippen LogP contribution is -2.66. The van der Waals surface area contributed by atoms with Gasteiger partial charge in [0.05, 0.1) is 13.2 Å². The van der Waals surface area contributed by atoms with Gasteiger partial charge in [0.1, 0.15) is 0 Å². The Morgan fingerprint density at radius 1 is 0.690 bits per heavy atom. The molecule has 0 aliphatic carbocycles. The normalized spacial score (nSPS) is 14.1. The van der Waals surface area contributed by atoms with Crippen LogP contribution in [0.5, 0.6) is 0 Å². The van der Waals surface area contributed by atoms with Gasteiger partial charge in [0.15, 0.2) is 5.92 Å². The van der Waals surface area contributed by atoms with E-state index in [4.69, 9.17) is 0 Å². The highest BCUT2D eigenvalue weighted by Gasteiger charge is 2.86. The van der Waals surface area contributed by atoms with Crippen molar-refractivity contribution in [2.75, 3.05) is 13.2 Å². The Bertz CT molecular complexity index is 569. The minimum atomic E-state index is -7.55. The number of rotatable bonds is 10. The molecule has 29 heavy (non-hydrogen) atoms. The van der Waals surface area contributed by atoms with Gasteiger partial charge in [-0.05, 0) is 20.3 Å². The molecule has 0 rings (SSSR count). The van der Waals surface area contributed by atoms with Gasteiger partial charge in [0.2, 0.25) is 0 Å². The first-order chi connectivity index (χ1) is 12.8. The second-order valence-corrected chi connectivity index (χ2v) is 5.52. The summed E-state index contributed by atoms with van der Waals surface area (Å²) < 4.78 is 151. The zero-order valence-electron chi connectivity index (χ0n) is 14.7. The summed E-state index contributed by atoms with van der Waals surface area (Å²) in [5.74, 6) is -33.9. The summed E-state index contributed by atoms with van der Waals surface area (Å²) in [5, 5.41) is 0. The molecule has 0 spiro atoms. The van der Waals surface area contributed by atoms with Crippen molar-refractivity contribution in [3.8, 4) is 0 Å². The average Bonchev–Trinajstić information content (AvgIpc) is 2.53. The Labute approximate surface area is 156 Å². The lowest BCUT2D eigenvalue weighted by molar-refractivity contribution is -0.422. The van der Waals surface area contributed by atoms with Crippen molar-refractivity contribution in [3.05, 3.63) is 0 Å². The van der Waals surface area contributed by atoms with E-state index in [0.29, 0.717) is 0 Å². The summed E-state index contributed by atoms with van der Waals surface area (Å²) >= 11 is 0. The van der Waals surface area contributed by atoms with Crippen LogP contribution in [0, 0.1) is 5.92 Å². The predicted octanol–water partition coefficient (Wildman–Crippen LogP) is 4.61. The number of hydrogen-bond donors (Lipinski definition) is 0. The van der Waals surface area contributed by atoms with Crippen LogP contribution in [-0.4, -0.2) is 55.0 Å². The number of ether oxygens (including phenoxy) is 2. The Hall–Kier alpha value is -1.83. The fourth-order valence-electron chi connectivity index (χ4n) is 1.91. The third-order valence-electron chi connectivity index (χ3n) is 3.49. The van der Waals surface area contributed by atoms with Gasteiger partial charge >= 0.3 is 41.8 Å². The van der Waals surface area contributed by atoms with E-state index in [9.17, 15) is 57.9 Å². The van der Waals surface area contributed by atoms with E-state index >= 15 is 0 Å². The SMILES string of the molecule is CCOC(=O)C(CCC(F)(F)C(F)(F)C(F)(F)C(F)(F)C(F)(F)F)C(=O)OCC. The van der Waals surface area contributed by atoms with Crippen LogP contribution in [0.3, 0.4) is 0 Å². The van der Waals surface area contributed by atoms with Crippen molar-refractivity contribution in [2.24, 2.45) is 5.92 Å². The maximum absolute atomic E-state index is 13.6. The Kier molecular flexibility index (Phi) is 8.33. The molecular weight excluding hydrogens is 441 g/mol. The van der Waals surface area contributed by atoms with Gasteiger partial charge in [-0.25, -0.2) is 0 Å². The summed E-state index contributed by atoms with van der Waals surface area (Å²) in [6.45, 7) is 1.56. The van der Waals surface area contributed by atoms with Gasteiger partial charge < -0.3 is 9.47 Å². The molecule has 0 aromatic heterocycles. The van der Waals surface area contributed by atoms with Gasteiger partial charge in [-0.15, -0.1) is 0 Å². The third kappa shape index (κ3) is 5.21. The molecule has 0 aromatic carbocycles. The first-order valence-corrected chi connectivity index (χ1v) is 7.73. The van der Waals surface area contributed by atoms with E-state index in [2.05, 4.69) is 9.47 Å². The maximum atomic E-state index is 13.6. The first-order valence-electron chi connectivity index (χ1n) is 7.73. The van der Waals surface area contributed by atoms with Crippen LogP contribution < -0.4 is 0 Å². The van der Waals surface area contributed by atoms with Gasteiger partial charge in [-0.1, -0.05) is 0 Å². The third-order valence-corrected chi connectivity index (χ3v) is 3.49. The summed E-state index contributed by atoms with van der Waals surface area (Å²) in [4.78, 5) is 23.1. The van der Waals surface area contributed by atoms with Crippen LogP contribution in [0.4, 0.5) is 48.3 Å². The average molecular weight is 456 g/mol. The highest BCUT2D eigenvalue weighted by molar-refractivity contribution is 5.94. The minimum Gasteiger partial charge on any atom is -0.465 e. The predicted molar refractivity (Wildman–Crippen MR) is 71.8 cm³/mol. The van der Waals surface area contributed by atoms with Crippen molar-refractivity contribution in [3.63, 3.8) is 0 Å². The number of halogens is 11. The summed E-state index contributed by atoms with van der Waals surface area (Å²) in [6.07, 6.45) is -11.5. The lowest BCUT2D eigenvalue weighted by Gasteiger charge is -2.37. The van der Waals surface area contributed by atoms with E-state index in [-0.39, 0.29) is 0 Å². The van der Waals surface area contributed by atoms with Crippen molar-refractivity contribution < 1.29 is 67.4 Å². The fourth-order valence-corrected chi connectivity index (χ4v) is 1.91. The van der Waals surface area contributed by atoms with Crippen molar-refractivity contribution in [2.45, 2.75) is 56.6 Å². The van der Waals surface area contributed by atoms with Gasteiger partial charge in [-0.2, -0.15) is 48.3 Å². The molecular formula is C14H15F11O4. The lowest BCUT2D eigenvalue weighted by atomic mass is 9.92. The molecule has 0 aliphatic rings. The highest BCUT2D eigenvalue weighted by atomic mass is 19.4. The van der Waals surface area contributed by atoms with E-state index in [1.165, 1.54) is 13.8 Å². The Balaban J connectivity index is 5.79. The molecule has 0 atom stereocenters. The molecule has 0 unspecified atom stereocenters. The van der Waals surface area contributed by atoms with Gasteiger partial charge in [0.25, 0.3) is 0 Å². The molecule has 15 heteroatoms. The molecule has 0 saturated heterocycles. The summed E-state index contributed by atoms with van der Waals surface area (Å²) in [5.41, 5.74) is 0. The largest absolute Gasteiger partial charge is 0.465 e. The smallest absolute Gasteiger partial charge is 0.460 e. The molecule has 0 saturated carbocycles. The number of alkyl halides is 11. The quantitative estimate of drug-likeness (QED) is 0.274. The fraction of sp³-hybridized carbons (Fsp3) is 0.857. The van der Waals surface area contributed by atoms with Crippen molar-refractivity contribution in [1.82, 2.24) is 0 Å². The maximum Gasteiger partial charge on any atom is 0.460 e. The van der Waals surface area contributed by atoms with E-state index < -0.39 is 73.8 Å². The molecule has 4 nitrogen and oxygen atoms in total. The second-order valence-electron chi connectivity index (χ2n) is 5.52. The first kappa shape index (κ1) is 27.2. The van der Waals surface area contributed by atoms with Crippen LogP contribution in [0.25, 0.3) is 0 Å². The topological polar surface area (TPSA) is 52.6 Å². The molecule has 172 valence electrons. The van der Waals surface area contributed by atoms with Crippen LogP contribution in [0.15, 0.2) is 0 Å². The van der Waals surface area contributed by atoms with E-state index in [1.807, 2.05) is 0 Å². The molecule has 0 fully saturated rings. The van der Waals surface area contributed by atoms with Crippen molar-refractivity contribution >= 4 is 11.9 Å². The van der Waals surface area contributed by atoms with E-state index in [1.54, 1.807) is 0 Å². The molecule has 0 radical (unpaired) electrons. The van der Waals surface area contributed by atoms with Crippen molar-refractivity contribution in [1.29, 1.82) is 0 Å². The number of hydrogen-bond acceptors (Lipinski definition) is 4. The number of carbonyl (C=O) groups is 2. The minimum absolute atomic E-state index is 0.419. The number of carbonyl (C=O) groups excluding carboxylic acids is 2. The van der Waals surface area contributed by atoms with Crippen LogP contribution >= 0.6 is 0 Å². The zero-order chi connectivity index (χ0) is 23.5. The number of esters is 2. The summed E-state index contributed by atoms with van der Waals surface area (Å²) in [7, 11) is 0. The molecule has 0 heterocycles. The van der Waals surface area contributed by atoms with Crippen LogP contribution in [0.1, 0.15) is 26.7 Å². The van der Waals surface area contributed by atoms with E-state index in [0.717, 1.165) is 0 Å². The summed E-state index contributed by atoms with van der Waals surface area (Å²) in [6, 6.07) is 0. The van der Waals surface area contributed by atoms with Gasteiger partial charge in [-0.3, -0.25) is 9.59 Å². The highest BCUT2D eigenvalue weighted by Crippen LogP contribution is 2.58. The zero-order valence-corrected chi connectivity index (χ0v) is 14.7.